The minimum absolute atomic E-state index is 0.0550. The van der Waals surface area contributed by atoms with Crippen molar-refractivity contribution in [3.8, 4) is 11.5 Å². The number of para-hydroxylation sites is 1. The summed E-state index contributed by atoms with van der Waals surface area (Å²) in [6.07, 6.45) is 0. The van der Waals surface area contributed by atoms with Crippen LogP contribution in [0.25, 0.3) is 0 Å². The maximum atomic E-state index is 12.9. The van der Waals surface area contributed by atoms with Crippen LogP contribution in [0.15, 0.2) is 41.3 Å². The molecule has 0 saturated carbocycles. The van der Waals surface area contributed by atoms with E-state index in [1.165, 1.54) is 17.5 Å². The Morgan fingerprint density at radius 3 is 2.41 bits per heavy atom. The van der Waals surface area contributed by atoms with Crippen LogP contribution in [0.4, 0.5) is 14.5 Å². The van der Waals surface area contributed by atoms with Gasteiger partial charge in [-0.2, -0.15) is 13.1 Å². The number of rotatable bonds is 10. The molecule has 0 aliphatic heterocycles. The van der Waals surface area contributed by atoms with Crippen LogP contribution >= 0.6 is 0 Å². The van der Waals surface area contributed by atoms with Crippen molar-refractivity contribution < 1.29 is 26.7 Å². The Kier molecular flexibility index (Phi) is 7.80. The van der Waals surface area contributed by atoms with Crippen molar-refractivity contribution in [1.29, 1.82) is 0 Å². The van der Waals surface area contributed by atoms with Gasteiger partial charge in [0.25, 0.3) is 0 Å². The number of methoxy groups -OCH3 is 1. The maximum Gasteiger partial charge on any atom is 0.387 e. The van der Waals surface area contributed by atoms with Gasteiger partial charge in [0.05, 0.1) is 12.0 Å². The van der Waals surface area contributed by atoms with E-state index in [9.17, 15) is 17.2 Å². The molecule has 0 unspecified atom stereocenters. The summed E-state index contributed by atoms with van der Waals surface area (Å²) in [6, 6.07) is 9.83. The SMILES string of the molecule is CCN(CC)S(=O)(=O)c1cc(NCc2cccc(OC)c2OC(F)F)ccc1C. The first-order valence-corrected chi connectivity index (χ1v) is 10.6. The van der Waals surface area contributed by atoms with Crippen LogP contribution in [0.2, 0.25) is 0 Å². The summed E-state index contributed by atoms with van der Waals surface area (Å²) in [7, 11) is -2.25. The topological polar surface area (TPSA) is 67.9 Å². The van der Waals surface area contributed by atoms with Crippen molar-refractivity contribution in [2.24, 2.45) is 0 Å². The molecule has 0 saturated heterocycles. The van der Waals surface area contributed by atoms with Gasteiger partial charge < -0.3 is 14.8 Å². The number of nitrogens with one attached hydrogen (secondary N) is 1. The van der Waals surface area contributed by atoms with Gasteiger partial charge in [0.2, 0.25) is 10.0 Å². The number of hydrogen-bond acceptors (Lipinski definition) is 5. The van der Waals surface area contributed by atoms with Crippen molar-refractivity contribution in [3.63, 3.8) is 0 Å². The maximum absolute atomic E-state index is 12.9. The van der Waals surface area contributed by atoms with E-state index in [1.54, 1.807) is 51.1 Å². The first-order valence-electron chi connectivity index (χ1n) is 9.19. The highest BCUT2D eigenvalue weighted by atomic mass is 32.2. The van der Waals surface area contributed by atoms with Crippen LogP contribution in [-0.4, -0.2) is 39.5 Å². The van der Waals surface area contributed by atoms with E-state index in [0.29, 0.717) is 29.9 Å². The van der Waals surface area contributed by atoms with Gasteiger partial charge in [-0.05, 0) is 30.7 Å². The van der Waals surface area contributed by atoms with E-state index < -0.39 is 16.6 Å². The van der Waals surface area contributed by atoms with E-state index in [2.05, 4.69) is 10.1 Å². The molecule has 0 aliphatic carbocycles. The predicted molar refractivity (Wildman–Crippen MR) is 108 cm³/mol. The third kappa shape index (κ3) is 5.36. The van der Waals surface area contributed by atoms with Gasteiger partial charge in [0, 0.05) is 30.9 Å². The fourth-order valence-corrected chi connectivity index (χ4v) is 4.68. The number of sulfonamides is 1. The molecule has 2 aromatic rings. The van der Waals surface area contributed by atoms with E-state index in [-0.39, 0.29) is 22.9 Å². The van der Waals surface area contributed by atoms with E-state index in [4.69, 9.17) is 4.74 Å². The smallest absolute Gasteiger partial charge is 0.387 e. The molecular weight excluding hydrogens is 402 g/mol. The Hall–Kier alpha value is -2.39. The van der Waals surface area contributed by atoms with Gasteiger partial charge in [-0.25, -0.2) is 8.42 Å². The molecule has 0 aromatic heterocycles. The molecule has 0 fully saturated rings. The summed E-state index contributed by atoms with van der Waals surface area (Å²) in [4.78, 5) is 0.209. The lowest BCUT2D eigenvalue weighted by atomic mass is 10.1. The molecule has 1 N–H and O–H groups in total. The lowest BCUT2D eigenvalue weighted by Gasteiger charge is -2.20. The lowest BCUT2D eigenvalue weighted by molar-refractivity contribution is -0.0517. The second kappa shape index (κ2) is 9.89. The summed E-state index contributed by atoms with van der Waals surface area (Å²) in [5.74, 6) is 0.138. The zero-order valence-electron chi connectivity index (χ0n) is 16.9. The van der Waals surface area contributed by atoms with E-state index in [1.807, 2.05) is 0 Å². The van der Waals surface area contributed by atoms with Crippen LogP contribution in [0.5, 0.6) is 11.5 Å². The molecule has 160 valence electrons. The third-order valence-electron chi connectivity index (χ3n) is 4.48. The Balaban J connectivity index is 2.32. The molecule has 0 aliphatic rings. The summed E-state index contributed by atoms with van der Waals surface area (Å²) in [5.41, 5.74) is 1.64. The number of anilines is 1. The molecule has 0 heterocycles. The number of aryl methyl sites for hydroxylation is 1. The summed E-state index contributed by atoms with van der Waals surface area (Å²) >= 11 is 0. The average molecular weight is 429 g/mol. The molecule has 0 amide bonds. The highest BCUT2D eigenvalue weighted by molar-refractivity contribution is 7.89. The zero-order chi connectivity index (χ0) is 21.6. The standard InChI is InChI=1S/C20H26F2N2O4S/c1-5-24(6-2)29(25,26)18-12-16(11-10-14(18)3)23-13-15-8-7-9-17(27-4)19(15)28-20(21)22/h7-12,20,23H,5-6,13H2,1-4H3. The average Bonchev–Trinajstić information content (AvgIpc) is 2.68. The van der Waals surface area contributed by atoms with Gasteiger partial charge in [-0.3, -0.25) is 0 Å². The Morgan fingerprint density at radius 2 is 1.83 bits per heavy atom. The Labute approximate surface area is 170 Å². The van der Waals surface area contributed by atoms with E-state index in [0.717, 1.165) is 0 Å². The number of halogens is 2. The largest absolute Gasteiger partial charge is 0.493 e. The van der Waals surface area contributed by atoms with E-state index >= 15 is 0 Å². The number of alkyl halides is 2. The minimum Gasteiger partial charge on any atom is -0.493 e. The molecule has 0 radical (unpaired) electrons. The van der Waals surface area contributed by atoms with Gasteiger partial charge >= 0.3 is 6.61 Å². The van der Waals surface area contributed by atoms with Crippen LogP contribution in [0.3, 0.4) is 0 Å². The molecule has 0 spiro atoms. The lowest BCUT2D eigenvalue weighted by Crippen LogP contribution is -2.31. The van der Waals surface area contributed by atoms with Crippen molar-refractivity contribution in [1.82, 2.24) is 4.31 Å². The quantitative estimate of drug-likeness (QED) is 0.613. The van der Waals surface area contributed by atoms with Gasteiger partial charge in [0.15, 0.2) is 11.5 Å². The van der Waals surface area contributed by atoms with Crippen molar-refractivity contribution in [2.45, 2.75) is 38.8 Å². The molecule has 0 bridgehead atoms. The molecule has 9 heteroatoms. The second-order valence-electron chi connectivity index (χ2n) is 6.25. The predicted octanol–water partition coefficient (Wildman–Crippen LogP) is 4.25. The highest BCUT2D eigenvalue weighted by Gasteiger charge is 2.24. The second-order valence-corrected chi connectivity index (χ2v) is 8.16. The highest BCUT2D eigenvalue weighted by Crippen LogP contribution is 2.33. The van der Waals surface area contributed by atoms with Crippen molar-refractivity contribution in [2.75, 3.05) is 25.5 Å². The molecule has 0 atom stereocenters. The normalized spacial score (nSPS) is 11.7. The first kappa shape index (κ1) is 22.9. The van der Waals surface area contributed by atoms with Crippen LogP contribution < -0.4 is 14.8 Å². The first-order chi connectivity index (χ1) is 13.7. The van der Waals surface area contributed by atoms with Crippen LogP contribution in [0, 0.1) is 6.92 Å². The Bertz CT molecular complexity index is 932. The Morgan fingerprint density at radius 1 is 1.14 bits per heavy atom. The summed E-state index contributed by atoms with van der Waals surface area (Å²) in [5, 5.41) is 3.08. The molecular formula is C20H26F2N2O4S. The number of nitrogens with zero attached hydrogens (tertiary/aromatic N) is 1. The van der Waals surface area contributed by atoms with Crippen molar-refractivity contribution >= 4 is 15.7 Å². The zero-order valence-corrected chi connectivity index (χ0v) is 17.7. The molecule has 2 rings (SSSR count). The van der Waals surface area contributed by atoms with Gasteiger partial charge in [-0.15, -0.1) is 0 Å². The molecule has 29 heavy (non-hydrogen) atoms. The monoisotopic (exact) mass is 428 g/mol. The van der Waals surface area contributed by atoms with Crippen molar-refractivity contribution in [3.05, 3.63) is 47.5 Å². The number of benzene rings is 2. The molecule has 2 aromatic carbocycles. The van der Waals surface area contributed by atoms with Gasteiger partial charge in [-0.1, -0.05) is 32.0 Å². The summed E-state index contributed by atoms with van der Waals surface area (Å²) < 4.78 is 62.4. The fourth-order valence-electron chi connectivity index (χ4n) is 2.97. The third-order valence-corrected chi connectivity index (χ3v) is 6.67. The van der Waals surface area contributed by atoms with Gasteiger partial charge in [0.1, 0.15) is 0 Å². The number of hydrogen-bond donors (Lipinski definition) is 1. The van der Waals surface area contributed by atoms with Crippen LogP contribution in [0.1, 0.15) is 25.0 Å². The molecule has 6 nitrogen and oxygen atoms in total. The van der Waals surface area contributed by atoms with Crippen LogP contribution in [-0.2, 0) is 16.6 Å². The number of ether oxygens (including phenoxy) is 2. The summed E-state index contributed by atoms with van der Waals surface area (Å²) in [6.45, 7) is 3.19. The minimum atomic E-state index is -3.62. The fraction of sp³-hybridized carbons (Fsp3) is 0.400.